The smallest absolute Gasteiger partial charge is 0.323 e. The van der Waals surface area contributed by atoms with Gasteiger partial charge < -0.3 is 14.6 Å². The van der Waals surface area contributed by atoms with Crippen molar-refractivity contribution in [2.75, 3.05) is 11.4 Å². The molecule has 1 fully saturated rings. The molecule has 1 saturated carbocycles. The normalized spacial score (nSPS) is 14.5. The molecule has 1 aliphatic carbocycles. The number of hydrogen-bond donors (Lipinski definition) is 1. The summed E-state index contributed by atoms with van der Waals surface area (Å²) in [7, 11) is 0. The Hall–Kier alpha value is -1.85. The second-order valence-corrected chi connectivity index (χ2v) is 4.50. The first-order valence-electron chi connectivity index (χ1n) is 6.17. The number of carbonyl (C=O) groups is 1. The number of aliphatic carboxylic acids is 1. The molecule has 0 aromatic carbocycles. The fourth-order valence-corrected chi connectivity index (χ4v) is 1.96. The van der Waals surface area contributed by atoms with E-state index >= 15 is 0 Å². The van der Waals surface area contributed by atoms with Crippen molar-refractivity contribution in [2.24, 2.45) is 0 Å². The summed E-state index contributed by atoms with van der Waals surface area (Å²) >= 11 is 0. The minimum atomic E-state index is -0.936. The highest BCUT2D eigenvalue weighted by Gasteiger charge is 2.33. The van der Waals surface area contributed by atoms with Crippen LogP contribution in [-0.4, -0.2) is 33.2 Å². The number of anilines is 1. The monoisotopic (exact) mass is 251 g/mol. The van der Waals surface area contributed by atoms with Crippen LogP contribution in [0.4, 0.5) is 5.82 Å². The molecule has 0 radical (unpaired) electrons. The van der Waals surface area contributed by atoms with Crippen molar-refractivity contribution >= 4 is 11.8 Å². The van der Waals surface area contributed by atoms with E-state index in [0.29, 0.717) is 6.54 Å². The molecule has 1 aliphatic rings. The van der Waals surface area contributed by atoms with Gasteiger partial charge in [-0.2, -0.15) is 0 Å². The molecule has 6 nitrogen and oxygen atoms in total. The maximum absolute atomic E-state index is 12.2. The third kappa shape index (κ3) is 2.69. The van der Waals surface area contributed by atoms with Crippen molar-refractivity contribution in [1.82, 2.24) is 9.55 Å². The first-order chi connectivity index (χ1) is 8.63. The Balaban J connectivity index is 2.32. The molecule has 1 aromatic rings. The predicted octanol–water partition coefficient (Wildman–Crippen LogP) is 0.707. The van der Waals surface area contributed by atoms with Gasteiger partial charge in [-0.3, -0.25) is 9.59 Å². The molecule has 0 saturated heterocycles. The number of rotatable bonds is 6. The van der Waals surface area contributed by atoms with E-state index in [4.69, 9.17) is 5.11 Å². The number of carboxylic acids is 1. The molecule has 1 aromatic heterocycles. The molecule has 98 valence electrons. The molecule has 1 N–H and O–H groups in total. The van der Waals surface area contributed by atoms with Crippen LogP contribution in [0.1, 0.15) is 26.2 Å². The Kier molecular flexibility index (Phi) is 3.64. The van der Waals surface area contributed by atoms with Gasteiger partial charge >= 0.3 is 5.97 Å². The zero-order valence-corrected chi connectivity index (χ0v) is 10.4. The lowest BCUT2D eigenvalue weighted by atomic mass is 10.4. The van der Waals surface area contributed by atoms with Gasteiger partial charge in [-0.15, -0.1) is 0 Å². The van der Waals surface area contributed by atoms with Crippen LogP contribution in [0.3, 0.4) is 0 Å². The molecule has 0 bridgehead atoms. The molecule has 18 heavy (non-hydrogen) atoms. The second kappa shape index (κ2) is 5.20. The zero-order valence-electron chi connectivity index (χ0n) is 10.4. The van der Waals surface area contributed by atoms with E-state index in [1.165, 1.54) is 0 Å². The Labute approximate surface area is 105 Å². The summed E-state index contributed by atoms with van der Waals surface area (Å²) in [4.78, 5) is 28.7. The highest BCUT2D eigenvalue weighted by atomic mass is 16.4. The van der Waals surface area contributed by atoms with Crippen molar-refractivity contribution in [1.29, 1.82) is 0 Å². The highest BCUT2D eigenvalue weighted by Crippen LogP contribution is 2.28. The van der Waals surface area contributed by atoms with Gasteiger partial charge in [0.05, 0.1) is 0 Å². The van der Waals surface area contributed by atoms with Gasteiger partial charge in [0.15, 0.2) is 5.82 Å². The van der Waals surface area contributed by atoms with Crippen LogP contribution in [0.2, 0.25) is 0 Å². The van der Waals surface area contributed by atoms with Crippen LogP contribution in [0, 0.1) is 0 Å². The van der Waals surface area contributed by atoms with E-state index in [0.717, 1.165) is 19.3 Å². The van der Waals surface area contributed by atoms with Crippen molar-refractivity contribution in [2.45, 2.75) is 38.8 Å². The molecular weight excluding hydrogens is 234 g/mol. The van der Waals surface area contributed by atoms with Gasteiger partial charge in [-0.25, -0.2) is 4.98 Å². The van der Waals surface area contributed by atoms with E-state index in [9.17, 15) is 9.59 Å². The fraction of sp³-hybridized carbons (Fsp3) is 0.583. The van der Waals surface area contributed by atoms with Gasteiger partial charge in [0, 0.05) is 25.0 Å². The minimum Gasteiger partial charge on any atom is -0.480 e. The average molecular weight is 251 g/mol. The maximum Gasteiger partial charge on any atom is 0.323 e. The Morgan fingerprint density at radius 1 is 1.61 bits per heavy atom. The summed E-state index contributed by atoms with van der Waals surface area (Å²) < 4.78 is 1.58. The van der Waals surface area contributed by atoms with Gasteiger partial charge in [-0.05, 0) is 19.3 Å². The molecule has 2 rings (SSSR count). The SMILES string of the molecule is CCCn1ccnc(N(CC(=O)O)C2CC2)c1=O. The standard InChI is InChI=1S/C12H17N3O3/c1-2-6-14-7-5-13-11(12(14)18)15(8-10(16)17)9-3-4-9/h5,7,9H,2-4,6,8H2,1H3,(H,16,17). The fourth-order valence-electron chi connectivity index (χ4n) is 1.96. The van der Waals surface area contributed by atoms with Crippen LogP contribution in [0.5, 0.6) is 0 Å². The molecule has 0 aliphatic heterocycles. The molecular formula is C12H17N3O3. The average Bonchev–Trinajstić information content (AvgIpc) is 3.13. The first kappa shape index (κ1) is 12.6. The van der Waals surface area contributed by atoms with Crippen molar-refractivity contribution in [3.05, 3.63) is 22.7 Å². The molecule has 0 unspecified atom stereocenters. The zero-order chi connectivity index (χ0) is 13.1. The van der Waals surface area contributed by atoms with Crippen molar-refractivity contribution in [3.63, 3.8) is 0 Å². The number of nitrogens with zero attached hydrogens (tertiary/aromatic N) is 3. The van der Waals surface area contributed by atoms with Crippen molar-refractivity contribution in [3.8, 4) is 0 Å². The van der Waals surface area contributed by atoms with Gasteiger partial charge in [0.2, 0.25) is 0 Å². The number of aryl methyl sites for hydroxylation is 1. The molecule has 0 atom stereocenters. The predicted molar refractivity (Wildman–Crippen MR) is 66.8 cm³/mol. The Bertz CT molecular complexity index is 494. The Morgan fingerprint density at radius 2 is 2.33 bits per heavy atom. The third-order valence-electron chi connectivity index (χ3n) is 2.93. The van der Waals surface area contributed by atoms with E-state index in [2.05, 4.69) is 4.98 Å². The molecule has 0 amide bonds. The van der Waals surface area contributed by atoms with E-state index in [1.807, 2.05) is 6.92 Å². The molecule has 1 heterocycles. The lowest BCUT2D eigenvalue weighted by Crippen LogP contribution is -2.38. The van der Waals surface area contributed by atoms with Crippen molar-refractivity contribution < 1.29 is 9.90 Å². The van der Waals surface area contributed by atoms with Crippen LogP contribution in [0.25, 0.3) is 0 Å². The molecule has 6 heteroatoms. The summed E-state index contributed by atoms with van der Waals surface area (Å²) in [6, 6.07) is 0.152. The quantitative estimate of drug-likeness (QED) is 0.805. The van der Waals surface area contributed by atoms with Gasteiger partial charge in [0.25, 0.3) is 5.56 Å². The van der Waals surface area contributed by atoms with E-state index < -0.39 is 5.97 Å². The van der Waals surface area contributed by atoms with Gasteiger partial charge in [-0.1, -0.05) is 6.92 Å². The second-order valence-electron chi connectivity index (χ2n) is 4.50. The van der Waals surface area contributed by atoms with Crippen LogP contribution < -0.4 is 10.5 Å². The van der Waals surface area contributed by atoms with E-state index in [-0.39, 0.29) is 24.0 Å². The summed E-state index contributed by atoms with van der Waals surface area (Å²) in [5, 5.41) is 8.91. The largest absolute Gasteiger partial charge is 0.480 e. The summed E-state index contributed by atoms with van der Waals surface area (Å²) in [6.45, 7) is 2.45. The maximum atomic E-state index is 12.2. The minimum absolute atomic E-state index is 0.152. The first-order valence-corrected chi connectivity index (χ1v) is 6.17. The van der Waals surface area contributed by atoms with Crippen LogP contribution in [0.15, 0.2) is 17.2 Å². The molecule has 0 spiro atoms. The van der Waals surface area contributed by atoms with E-state index in [1.54, 1.807) is 21.9 Å². The number of carboxylic acid groups (broad SMARTS) is 1. The summed E-state index contributed by atoms with van der Waals surface area (Å²) in [5.41, 5.74) is -0.201. The van der Waals surface area contributed by atoms with Gasteiger partial charge in [0.1, 0.15) is 6.54 Å². The van der Waals surface area contributed by atoms with Crippen LogP contribution >= 0.6 is 0 Å². The summed E-state index contributed by atoms with van der Waals surface area (Å²) in [5.74, 6) is -0.676. The Morgan fingerprint density at radius 3 is 2.89 bits per heavy atom. The van der Waals surface area contributed by atoms with Crippen LogP contribution in [-0.2, 0) is 11.3 Å². The lowest BCUT2D eigenvalue weighted by molar-refractivity contribution is -0.135. The summed E-state index contributed by atoms with van der Waals surface area (Å²) in [6.07, 6.45) is 5.91. The lowest BCUT2D eigenvalue weighted by Gasteiger charge is -2.21. The highest BCUT2D eigenvalue weighted by molar-refractivity contribution is 5.73. The number of aromatic nitrogens is 2. The third-order valence-corrected chi connectivity index (χ3v) is 2.93. The number of hydrogen-bond acceptors (Lipinski definition) is 4. The topological polar surface area (TPSA) is 75.4 Å².